The van der Waals surface area contributed by atoms with Gasteiger partial charge in [0.15, 0.2) is 0 Å². The topological polar surface area (TPSA) is 33.9 Å². The van der Waals surface area contributed by atoms with Crippen LogP contribution in [0.4, 0.5) is 0 Å². The molecule has 2 N–H and O–H groups in total. The van der Waals surface area contributed by atoms with E-state index >= 15 is 0 Å². The van der Waals surface area contributed by atoms with Gasteiger partial charge in [-0.2, -0.15) is 0 Å². The highest BCUT2D eigenvalue weighted by Crippen LogP contribution is 2.39. The van der Waals surface area contributed by atoms with Crippen molar-refractivity contribution in [1.82, 2.24) is 0 Å². The van der Waals surface area contributed by atoms with Gasteiger partial charge >= 0.3 is 0 Å². The molecule has 0 bridgehead atoms. The van der Waals surface area contributed by atoms with Crippen LogP contribution in [0, 0.1) is 0 Å². The maximum Gasteiger partial charge on any atom is 0.118 e. The smallest absolute Gasteiger partial charge is 0.118 e. The maximum absolute atomic E-state index is 11.4. The summed E-state index contributed by atoms with van der Waals surface area (Å²) in [5, 5.41) is 11.4. The normalized spacial score (nSPS) is 30.7. The number of ether oxygens (including phenoxy) is 1. The molecular formula is C17H28NO2+. The second kappa shape index (κ2) is 6.59. The lowest BCUT2D eigenvalue weighted by Gasteiger charge is -2.39. The van der Waals surface area contributed by atoms with E-state index in [0.29, 0.717) is 12.8 Å². The molecule has 1 aliphatic carbocycles. The van der Waals surface area contributed by atoms with Gasteiger partial charge in [0.1, 0.15) is 5.75 Å². The molecule has 1 aliphatic rings. The standard InChI is InChI=1S/C17H27NO2/c1-18(2)13-16(17(19)11-5-4-6-12-17)14-7-9-15(20-3)10-8-14/h7-10,16,19H,4-6,11-13H2,1-3H3/p+1/t16-/m0/s1/i1D2,2D3,3D3,13D2. The fourth-order valence-corrected chi connectivity index (χ4v) is 2.86. The number of benzene rings is 1. The van der Waals surface area contributed by atoms with Crippen LogP contribution in [0.5, 0.6) is 5.75 Å². The molecule has 0 heterocycles. The molecule has 1 fully saturated rings. The first-order valence-electron chi connectivity index (χ1n) is 12.0. The highest BCUT2D eigenvalue weighted by molar-refractivity contribution is 5.31. The molecule has 112 valence electrons. The Morgan fingerprint density at radius 3 is 2.70 bits per heavy atom. The lowest BCUT2D eigenvalue weighted by molar-refractivity contribution is -0.860. The highest BCUT2D eigenvalue weighted by Gasteiger charge is 2.40. The molecule has 1 unspecified atom stereocenters. The van der Waals surface area contributed by atoms with Crippen molar-refractivity contribution in [3.8, 4) is 5.75 Å². The Bertz CT molecular complexity index is 696. The fraction of sp³-hybridized carbons (Fsp3) is 0.647. The summed E-state index contributed by atoms with van der Waals surface area (Å²) in [5.74, 6) is -1.33. The van der Waals surface area contributed by atoms with Crippen LogP contribution in [0.3, 0.4) is 0 Å². The molecule has 1 saturated carbocycles. The summed E-state index contributed by atoms with van der Waals surface area (Å²) < 4.78 is 82.1. The molecule has 2 rings (SSSR count). The molecule has 2 atom stereocenters. The van der Waals surface area contributed by atoms with E-state index in [-0.39, 0.29) is 24.2 Å². The van der Waals surface area contributed by atoms with Crippen molar-refractivity contribution in [2.45, 2.75) is 43.6 Å². The summed E-state index contributed by atoms with van der Waals surface area (Å²) >= 11 is 0. The summed E-state index contributed by atoms with van der Waals surface area (Å²) in [6.07, 6.45) is 2.63. The van der Waals surface area contributed by atoms with Gasteiger partial charge in [-0.25, -0.2) is 0 Å². The summed E-state index contributed by atoms with van der Waals surface area (Å²) in [6.45, 7) is -7.73. The first-order valence-corrected chi connectivity index (χ1v) is 6.82. The van der Waals surface area contributed by atoms with Gasteiger partial charge in [0.05, 0.1) is 52.7 Å². The zero-order valence-corrected chi connectivity index (χ0v) is 11.4. The Hall–Kier alpha value is -1.06. The molecule has 3 heteroatoms. The van der Waals surface area contributed by atoms with Crippen molar-refractivity contribution < 1.29 is 28.5 Å². The van der Waals surface area contributed by atoms with E-state index in [1.807, 2.05) is 0 Å². The molecule has 0 aliphatic heterocycles. The number of quaternary nitrogens is 1. The Labute approximate surface area is 136 Å². The summed E-state index contributed by atoms with van der Waals surface area (Å²) in [6, 6.07) is 5.45. The maximum atomic E-state index is 11.4. The lowest BCUT2D eigenvalue weighted by Crippen LogP contribution is -3.06. The van der Waals surface area contributed by atoms with Gasteiger partial charge in [-0.05, 0) is 30.5 Å². The minimum Gasteiger partial charge on any atom is -0.497 e. The quantitative estimate of drug-likeness (QED) is 0.863. The SMILES string of the molecule is [2H]C([2H])[NH+](C([2H])([2H])[2H])C([2H])([2H])[C@@H](c1ccc(OC([2H])([2H])[2H])cc1)C1(O)CCCCC1. The lowest BCUT2D eigenvalue weighted by atomic mass is 9.72. The van der Waals surface area contributed by atoms with Crippen LogP contribution in [0.15, 0.2) is 24.3 Å². The number of likely N-dealkylation sites (N-methyl/N-ethyl adjacent to an activating group) is 1. The van der Waals surface area contributed by atoms with Crippen LogP contribution < -0.4 is 9.64 Å². The van der Waals surface area contributed by atoms with Crippen LogP contribution in [0.1, 0.15) is 57.3 Å². The third kappa shape index (κ3) is 3.53. The van der Waals surface area contributed by atoms with Gasteiger partial charge in [0, 0.05) is 0 Å². The van der Waals surface area contributed by atoms with E-state index in [4.69, 9.17) is 18.4 Å². The van der Waals surface area contributed by atoms with Crippen molar-refractivity contribution in [3.63, 3.8) is 0 Å². The molecule has 1 aromatic rings. The number of rotatable bonds is 5. The molecule has 20 heavy (non-hydrogen) atoms. The van der Waals surface area contributed by atoms with Crippen molar-refractivity contribution in [2.24, 2.45) is 0 Å². The number of hydrogen-bond donors (Lipinski definition) is 2. The average Bonchev–Trinajstić information content (AvgIpc) is 2.53. The minimum atomic E-state index is -2.99. The van der Waals surface area contributed by atoms with Crippen LogP contribution in [-0.2, 0) is 0 Å². The second-order valence-electron chi connectivity index (χ2n) is 5.33. The van der Waals surface area contributed by atoms with Gasteiger partial charge in [-0.3, -0.25) is 0 Å². The van der Waals surface area contributed by atoms with E-state index in [0.717, 1.165) is 6.42 Å². The van der Waals surface area contributed by atoms with E-state index in [9.17, 15) is 5.11 Å². The Morgan fingerprint density at radius 1 is 1.35 bits per heavy atom. The zero-order chi connectivity index (χ0) is 23.0. The number of hydrogen-bond acceptors (Lipinski definition) is 2. The number of nitrogens with one attached hydrogen (secondary N) is 1. The second-order valence-corrected chi connectivity index (χ2v) is 5.33. The van der Waals surface area contributed by atoms with Crippen molar-refractivity contribution in [1.29, 1.82) is 0 Å². The predicted octanol–water partition coefficient (Wildman–Crippen LogP) is 1.62. The van der Waals surface area contributed by atoms with E-state index in [1.165, 1.54) is 24.3 Å². The summed E-state index contributed by atoms with van der Waals surface area (Å²) in [7, 11) is -2.66. The Kier molecular flexibility index (Phi) is 2.24. The Morgan fingerprint density at radius 2 is 2.10 bits per heavy atom. The van der Waals surface area contributed by atoms with Crippen LogP contribution in [-0.4, -0.2) is 38.2 Å². The van der Waals surface area contributed by atoms with E-state index in [2.05, 4.69) is 0 Å². The number of methoxy groups -OCH3 is 1. The van der Waals surface area contributed by atoms with Gasteiger partial charge < -0.3 is 14.7 Å². The predicted molar refractivity (Wildman–Crippen MR) is 81.4 cm³/mol. The fourth-order valence-electron chi connectivity index (χ4n) is 2.86. The molecule has 3 nitrogen and oxygen atoms in total. The minimum absolute atomic E-state index is 0.0209. The molecule has 0 saturated heterocycles. The van der Waals surface area contributed by atoms with Crippen molar-refractivity contribution >= 4 is 0 Å². The molecule has 0 aromatic heterocycles. The third-order valence-corrected chi connectivity index (χ3v) is 3.89. The van der Waals surface area contributed by atoms with Crippen LogP contribution in [0.25, 0.3) is 0 Å². The van der Waals surface area contributed by atoms with Gasteiger partial charge in [0.25, 0.3) is 0 Å². The summed E-state index contributed by atoms with van der Waals surface area (Å²) in [5.41, 5.74) is -1.32. The first kappa shape index (κ1) is 6.80. The number of aliphatic hydroxyl groups is 1. The van der Waals surface area contributed by atoms with Crippen LogP contribution in [0.2, 0.25) is 0 Å². The molecule has 0 amide bonds. The molecular weight excluding hydrogens is 250 g/mol. The highest BCUT2D eigenvalue weighted by atomic mass is 16.5. The van der Waals surface area contributed by atoms with Crippen molar-refractivity contribution in [3.05, 3.63) is 29.8 Å². The van der Waals surface area contributed by atoms with E-state index < -0.39 is 43.9 Å². The molecule has 0 radical (unpaired) electrons. The largest absolute Gasteiger partial charge is 0.497 e. The van der Waals surface area contributed by atoms with Gasteiger partial charge in [-0.15, -0.1) is 0 Å². The average molecular weight is 288 g/mol. The van der Waals surface area contributed by atoms with Gasteiger partial charge in [0.2, 0.25) is 0 Å². The third-order valence-electron chi connectivity index (χ3n) is 3.89. The zero-order valence-electron chi connectivity index (χ0n) is 21.4. The van der Waals surface area contributed by atoms with Crippen molar-refractivity contribution in [2.75, 3.05) is 27.5 Å². The van der Waals surface area contributed by atoms with E-state index in [1.54, 1.807) is 0 Å². The van der Waals surface area contributed by atoms with Crippen LogP contribution >= 0.6 is 0 Å². The first-order chi connectivity index (χ1) is 13.6. The van der Waals surface area contributed by atoms with Gasteiger partial charge in [-0.1, -0.05) is 31.4 Å². The monoisotopic (exact) mass is 288 g/mol. The Balaban J connectivity index is 2.55. The molecule has 0 spiro atoms. The summed E-state index contributed by atoms with van der Waals surface area (Å²) in [4.78, 5) is -0.887. The molecule has 1 aromatic carbocycles.